The number of carboxylic acid groups (broad SMARTS) is 2. The van der Waals surface area contributed by atoms with Crippen molar-refractivity contribution in [2.75, 3.05) is 32.1 Å². The van der Waals surface area contributed by atoms with Gasteiger partial charge < -0.3 is 15.1 Å². The second-order valence-corrected chi connectivity index (χ2v) is 7.90. The molecular weight excluding hydrogens is 358 g/mol. The Balaban J connectivity index is 0.000000333. The smallest absolute Gasteiger partial charge is 0.328 e. The van der Waals surface area contributed by atoms with E-state index in [1.807, 2.05) is 23.5 Å². The zero-order valence-corrected chi connectivity index (χ0v) is 16.0. The van der Waals surface area contributed by atoms with Crippen molar-refractivity contribution in [2.45, 2.75) is 6.42 Å². The first kappa shape index (κ1) is 21.3. The van der Waals surface area contributed by atoms with Gasteiger partial charge in [-0.1, -0.05) is 30.3 Å². The first-order valence-corrected chi connectivity index (χ1v) is 9.70. The summed E-state index contributed by atoms with van der Waals surface area (Å²) in [5.74, 6) is 0.0258. The molecule has 0 spiro atoms. The lowest BCUT2D eigenvalue weighted by atomic mass is 10.1. The molecule has 7 heteroatoms. The van der Waals surface area contributed by atoms with Crippen LogP contribution in [0.4, 0.5) is 0 Å². The van der Waals surface area contributed by atoms with Gasteiger partial charge in [0.25, 0.3) is 0 Å². The Kier molecular flexibility index (Phi) is 10.1. The normalized spacial score (nSPS) is 14.1. The minimum atomic E-state index is -1.26. The van der Waals surface area contributed by atoms with E-state index in [-0.39, 0.29) is 0 Å². The van der Waals surface area contributed by atoms with Gasteiger partial charge in [0, 0.05) is 22.9 Å². The fourth-order valence-electron chi connectivity index (χ4n) is 1.98. The first-order valence-electron chi connectivity index (χ1n) is 7.73. The molecule has 1 aromatic rings. The molecule has 25 heavy (non-hydrogen) atoms. The summed E-state index contributed by atoms with van der Waals surface area (Å²) in [6, 6.07) is 10.8. The fourth-order valence-corrected chi connectivity index (χ4v) is 4.65. The molecule has 1 saturated heterocycles. The largest absolute Gasteiger partial charge is 0.478 e. The van der Waals surface area contributed by atoms with Gasteiger partial charge in [0.1, 0.15) is 0 Å². The van der Waals surface area contributed by atoms with Crippen LogP contribution in [0.1, 0.15) is 12.0 Å². The highest BCUT2D eigenvalue weighted by molar-refractivity contribution is 8.23. The number of carboxylic acids is 2. The van der Waals surface area contributed by atoms with Gasteiger partial charge in [0.05, 0.1) is 0 Å². The lowest BCUT2D eigenvalue weighted by molar-refractivity contribution is -0.134. The Labute approximate surface area is 156 Å². The highest BCUT2D eigenvalue weighted by Crippen LogP contribution is 2.40. The van der Waals surface area contributed by atoms with Crippen LogP contribution in [0.5, 0.6) is 0 Å². The molecule has 2 N–H and O–H groups in total. The fraction of sp³-hybridized carbons (Fsp3) is 0.333. The Morgan fingerprint density at radius 3 is 2.00 bits per heavy atom. The molecule has 0 radical (unpaired) electrons. The molecule has 1 heterocycles. The summed E-state index contributed by atoms with van der Waals surface area (Å²) < 4.78 is 1.52. The van der Waals surface area contributed by atoms with E-state index < -0.39 is 11.9 Å². The van der Waals surface area contributed by atoms with Crippen LogP contribution < -0.4 is 0 Å². The Morgan fingerprint density at radius 2 is 1.56 bits per heavy atom. The van der Waals surface area contributed by atoms with Crippen molar-refractivity contribution >= 4 is 41.0 Å². The highest BCUT2D eigenvalue weighted by atomic mass is 32.2. The summed E-state index contributed by atoms with van der Waals surface area (Å²) in [7, 11) is 4.28. The van der Waals surface area contributed by atoms with E-state index in [4.69, 9.17) is 10.2 Å². The van der Waals surface area contributed by atoms with Crippen LogP contribution in [0, 0.1) is 0 Å². The molecule has 0 amide bonds. The molecule has 2 rings (SSSR count). The topological polar surface area (TPSA) is 77.8 Å². The Morgan fingerprint density at radius 1 is 1.04 bits per heavy atom. The van der Waals surface area contributed by atoms with Crippen molar-refractivity contribution in [3.05, 3.63) is 52.3 Å². The van der Waals surface area contributed by atoms with Crippen molar-refractivity contribution in [3.63, 3.8) is 0 Å². The zero-order chi connectivity index (χ0) is 18.7. The van der Waals surface area contributed by atoms with Gasteiger partial charge >= 0.3 is 11.9 Å². The summed E-state index contributed by atoms with van der Waals surface area (Å²) in [6.45, 7) is 1.03. The Bertz CT molecular complexity index is 603. The number of rotatable bonds is 5. The van der Waals surface area contributed by atoms with Crippen LogP contribution in [0.3, 0.4) is 0 Å². The molecule has 0 saturated carbocycles. The van der Waals surface area contributed by atoms with Gasteiger partial charge in [-0.25, -0.2) is 9.59 Å². The van der Waals surface area contributed by atoms with Gasteiger partial charge in [0.2, 0.25) is 0 Å². The van der Waals surface area contributed by atoms with Crippen LogP contribution in [0.2, 0.25) is 0 Å². The predicted octanol–water partition coefficient (Wildman–Crippen LogP) is 3.50. The number of aliphatic carboxylic acids is 2. The quantitative estimate of drug-likeness (QED) is 0.756. The minimum absolute atomic E-state index is 0.558. The SMILES string of the molecule is CN(C)CC(=C1SCCCS1)c1ccccc1.O=C(O)/C=C/C(=O)O. The third-order valence-corrected chi connectivity index (χ3v) is 5.68. The van der Waals surface area contributed by atoms with Crippen LogP contribution in [-0.2, 0) is 9.59 Å². The number of carbonyl (C=O) groups is 2. The summed E-state index contributed by atoms with van der Waals surface area (Å²) in [5.41, 5.74) is 2.86. The van der Waals surface area contributed by atoms with E-state index in [1.165, 1.54) is 33.3 Å². The molecule has 5 nitrogen and oxygen atoms in total. The van der Waals surface area contributed by atoms with Gasteiger partial charge in [-0.2, -0.15) is 0 Å². The number of likely N-dealkylation sites (N-methyl/N-ethyl adjacent to an activating group) is 1. The van der Waals surface area contributed by atoms with Crippen molar-refractivity contribution in [1.82, 2.24) is 4.90 Å². The zero-order valence-electron chi connectivity index (χ0n) is 14.3. The first-order chi connectivity index (χ1) is 11.9. The second-order valence-electron chi connectivity index (χ2n) is 5.43. The van der Waals surface area contributed by atoms with E-state index in [1.54, 1.807) is 0 Å². The van der Waals surface area contributed by atoms with Gasteiger partial charge in [-0.3, -0.25) is 0 Å². The Hall–Kier alpha value is -1.70. The number of thioether (sulfide) groups is 2. The monoisotopic (exact) mass is 381 g/mol. The molecule has 0 aromatic heterocycles. The molecule has 0 aliphatic carbocycles. The van der Waals surface area contributed by atoms with Crippen molar-refractivity contribution in [2.24, 2.45) is 0 Å². The van der Waals surface area contributed by atoms with Crippen LogP contribution in [0.15, 0.2) is 46.7 Å². The van der Waals surface area contributed by atoms with Crippen molar-refractivity contribution in [3.8, 4) is 0 Å². The summed E-state index contributed by atoms with van der Waals surface area (Å²) in [5, 5.41) is 15.6. The predicted molar refractivity (Wildman–Crippen MR) is 106 cm³/mol. The molecule has 136 valence electrons. The number of benzene rings is 1. The minimum Gasteiger partial charge on any atom is -0.478 e. The average molecular weight is 382 g/mol. The summed E-state index contributed by atoms with van der Waals surface area (Å²) >= 11 is 4.05. The third kappa shape index (κ3) is 9.38. The molecular formula is C18H23NO4S2. The van der Waals surface area contributed by atoms with E-state index in [2.05, 4.69) is 49.3 Å². The highest BCUT2D eigenvalue weighted by Gasteiger charge is 2.14. The molecule has 1 aliphatic rings. The van der Waals surface area contributed by atoms with Crippen molar-refractivity contribution < 1.29 is 19.8 Å². The molecule has 1 aromatic carbocycles. The number of hydrogen-bond donors (Lipinski definition) is 2. The molecule has 1 fully saturated rings. The van der Waals surface area contributed by atoms with E-state index >= 15 is 0 Å². The van der Waals surface area contributed by atoms with Crippen LogP contribution in [-0.4, -0.2) is 59.2 Å². The lowest BCUT2D eigenvalue weighted by Crippen LogP contribution is -2.15. The maximum absolute atomic E-state index is 9.55. The van der Waals surface area contributed by atoms with Crippen LogP contribution >= 0.6 is 23.5 Å². The van der Waals surface area contributed by atoms with E-state index in [9.17, 15) is 9.59 Å². The van der Waals surface area contributed by atoms with Crippen LogP contribution in [0.25, 0.3) is 5.57 Å². The van der Waals surface area contributed by atoms with E-state index in [0.717, 1.165) is 6.54 Å². The lowest BCUT2D eigenvalue weighted by Gasteiger charge is -2.21. The molecule has 0 unspecified atom stereocenters. The van der Waals surface area contributed by atoms with Gasteiger partial charge in [0.15, 0.2) is 0 Å². The number of nitrogens with zero attached hydrogens (tertiary/aromatic N) is 1. The third-order valence-electron chi connectivity index (χ3n) is 2.97. The molecule has 1 aliphatic heterocycles. The molecule has 0 bridgehead atoms. The average Bonchev–Trinajstić information content (AvgIpc) is 2.60. The second kappa shape index (κ2) is 11.8. The van der Waals surface area contributed by atoms with Gasteiger partial charge in [-0.15, -0.1) is 23.5 Å². The summed E-state index contributed by atoms with van der Waals surface area (Å²) in [6.07, 6.45) is 2.45. The molecule has 0 atom stereocenters. The van der Waals surface area contributed by atoms with E-state index in [0.29, 0.717) is 12.2 Å². The maximum atomic E-state index is 9.55. The van der Waals surface area contributed by atoms with Crippen molar-refractivity contribution in [1.29, 1.82) is 0 Å². The standard InChI is InChI=1S/C14H19NS2.C4H4O4/c1-15(2)11-13(12-7-4-3-5-8-12)14-16-9-6-10-17-14;5-3(6)1-2-4(7)8/h3-5,7-8H,6,9-11H2,1-2H3;1-2H,(H,5,6)(H,7,8)/b;2-1+. The maximum Gasteiger partial charge on any atom is 0.328 e. The summed E-state index contributed by atoms with van der Waals surface area (Å²) in [4.78, 5) is 21.4. The van der Waals surface area contributed by atoms with Gasteiger partial charge in [-0.05, 0) is 43.2 Å². The number of hydrogen-bond acceptors (Lipinski definition) is 5.